The van der Waals surface area contributed by atoms with Gasteiger partial charge in [-0.2, -0.15) is 0 Å². The zero-order chi connectivity index (χ0) is 23.2. The molecule has 0 unspecified atom stereocenters. The average Bonchev–Trinajstić information content (AvgIpc) is 3.30. The summed E-state index contributed by atoms with van der Waals surface area (Å²) in [5.41, 5.74) is 3.14. The van der Waals surface area contributed by atoms with E-state index < -0.39 is 0 Å². The molecule has 4 rings (SSSR count). The van der Waals surface area contributed by atoms with Crippen molar-refractivity contribution in [3.05, 3.63) is 98.0 Å². The van der Waals surface area contributed by atoms with E-state index >= 15 is 0 Å². The Bertz CT molecular complexity index is 1350. The number of hydrogen-bond donors (Lipinski definition) is 1. The second-order valence-corrected chi connectivity index (χ2v) is 9.09. The van der Waals surface area contributed by atoms with E-state index in [2.05, 4.69) is 5.32 Å². The molecule has 2 aromatic carbocycles. The number of rotatable bonds is 9. The molecule has 4 aromatic rings. The number of thiophene rings is 1. The molecular formula is C26H27N3O3S. The number of carbonyl (C=O) groups is 1. The molecule has 1 amide bonds. The van der Waals surface area contributed by atoms with Crippen molar-refractivity contribution in [1.29, 1.82) is 0 Å². The average molecular weight is 462 g/mol. The fourth-order valence-electron chi connectivity index (χ4n) is 3.84. The quantitative estimate of drug-likeness (QED) is 0.365. The molecule has 2 heterocycles. The summed E-state index contributed by atoms with van der Waals surface area (Å²) in [5.74, 6) is -0.0289. The molecule has 6 nitrogen and oxygen atoms in total. The van der Waals surface area contributed by atoms with Crippen LogP contribution in [0.1, 0.15) is 36.8 Å². The summed E-state index contributed by atoms with van der Waals surface area (Å²) in [5, 5.41) is 4.73. The molecule has 33 heavy (non-hydrogen) atoms. The SMILES string of the molecule is Cc1ccc(Cn2c(=O)n(CCCCCC(=O)Nc3ccccc3)c(=O)c3sccc32)cc1. The van der Waals surface area contributed by atoms with Gasteiger partial charge < -0.3 is 5.32 Å². The lowest BCUT2D eigenvalue weighted by Crippen LogP contribution is -2.39. The van der Waals surface area contributed by atoms with Gasteiger partial charge in [-0.3, -0.25) is 18.7 Å². The number of nitrogens with one attached hydrogen (secondary N) is 1. The van der Waals surface area contributed by atoms with Gasteiger partial charge in [-0.25, -0.2) is 4.79 Å². The largest absolute Gasteiger partial charge is 0.331 e. The van der Waals surface area contributed by atoms with Crippen molar-refractivity contribution in [3.8, 4) is 0 Å². The molecule has 0 aliphatic heterocycles. The summed E-state index contributed by atoms with van der Waals surface area (Å²) in [7, 11) is 0. The highest BCUT2D eigenvalue weighted by Gasteiger charge is 2.14. The van der Waals surface area contributed by atoms with Crippen molar-refractivity contribution < 1.29 is 4.79 Å². The number of unbranched alkanes of at least 4 members (excludes halogenated alkanes) is 2. The molecule has 0 fully saturated rings. The maximum atomic E-state index is 13.2. The van der Waals surface area contributed by atoms with E-state index in [1.165, 1.54) is 15.9 Å². The molecule has 7 heteroatoms. The number of nitrogens with zero attached hydrogens (tertiary/aromatic N) is 2. The van der Waals surface area contributed by atoms with Crippen LogP contribution in [0.5, 0.6) is 0 Å². The van der Waals surface area contributed by atoms with Gasteiger partial charge in [0.15, 0.2) is 0 Å². The van der Waals surface area contributed by atoms with Gasteiger partial charge in [-0.05, 0) is 48.9 Å². The van der Waals surface area contributed by atoms with Gasteiger partial charge >= 0.3 is 5.69 Å². The zero-order valence-corrected chi connectivity index (χ0v) is 19.4. The zero-order valence-electron chi connectivity index (χ0n) is 18.6. The van der Waals surface area contributed by atoms with Crippen molar-refractivity contribution in [3.63, 3.8) is 0 Å². The van der Waals surface area contributed by atoms with E-state index in [0.29, 0.717) is 42.6 Å². The van der Waals surface area contributed by atoms with Crippen LogP contribution in [0.4, 0.5) is 5.69 Å². The predicted octanol–water partition coefficient (Wildman–Crippen LogP) is 4.78. The molecule has 0 atom stereocenters. The standard InChI is InChI=1S/C26H27N3O3S/c1-19-11-13-20(14-12-19)18-29-22-15-17-33-24(22)25(31)28(26(29)32)16-7-3-6-10-23(30)27-21-8-4-2-5-9-21/h2,4-5,8-9,11-15,17H,3,6-7,10,16,18H2,1H3,(H,27,30). The molecule has 1 N–H and O–H groups in total. The van der Waals surface area contributed by atoms with Crippen LogP contribution in [0.3, 0.4) is 0 Å². The summed E-state index contributed by atoms with van der Waals surface area (Å²) in [6, 6.07) is 19.3. The Morgan fingerprint density at radius 3 is 2.42 bits per heavy atom. The molecule has 0 spiro atoms. The van der Waals surface area contributed by atoms with Crippen LogP contribution in [0.25, 0.3) is 10.2 Å². The Balaban J connectivity index is 1.41. The second kappa shape index (κ2) is 10.4. The second-order valence-electron chi connectivity index (χ2n) is 8.17. The van der Waals surface area contributed by atoms with Crippen molar-refractivity contribution in [1.82, 2.24) is 9.13 Å². The first kappa shape index (κ1) is 22.7. The van der Waals surface area contributed by atoms with Crippen LogP contribution in [0, 0.1) is 6.92 Å². The molecular weight excluding hydrogens is 434 g/mol. The van der Waals surface area contributed by atoms with Gasteiger partial charge in [0.05, 0.1) is 12.1 Å². The van der Waals surface area contributed by atoms with Crippen LogP contribution < -0.4 is 16.6 Å². The Hall–Kier alpha value is -3.45. The highest BCUT2D eigenvalue weighted by atomic mass is 32.1. The summed E-state index contributed by atoms with van der Waals surface area (Å²) in [4.78, 5) is 38.2. The number of benzene rings is 2. The number of anilines is 1. The topological polar surface area (TPSA) is 73.1 Å². The monoisotopic (exact) mass is 461 g/mol. The smallest absolute Gasteiger partial charge is 0.326 e. The molecule has 0 radical (unpaired) electrons. The van der Waals surface area contributed by atoms with Crippen LogP contribution in [-0.4, -0.2) is 15.0 Å². The van der Waals surface area contributed by atoms with Crippen molar-refractivity contribution in [2.45, 2.75) is 45.7 Å². The molecule has 170 valence electrons. The number of para-hydroxylation sites is 1. The van der Waals surface area contributed by atoms with Gasteiger partial charge in [0.1, 0.15) is 4.70 Å². The first-order valence-electron chi connectivity index (χ1n) is 11.1. The fraction of sp³-hybridized carbons (Fsp3) is 0.269. The normalized spacial score (nSPS) is 11.1. The van der Waals surface area contributed by atoms with Crippen LogP contribution in [0.2, 0.25) is 0 Å². The minimum atomic E-state index is -0.284. The van der Waals surface area contributed by atoms with E-state index in [-0.39, 0.29) is 17.2 Å². The maximum absolute atomic E-state index is 13.2. The molecule has 0 saturated heterocycles. The third-order valence-corrected chi connectivity index (χ3v) is 6.53. The highest BCUT2D eigenvalue weighted by Crippen LogP contribution is 2.17. The Morgan fingerprint density at radius 1 is 0.909 bits per heavy atom. The van der Waals surface area contributed by atoms with Gasteiger partial charge in [-0.15, -0.1) is 11.3 Å². The summed E-state index contributed by atoms with van der Waals surface area (Å²) < 4.78 is 3.63. The molecule has 0 aliphatic rings. The van der Waals surface area contributed by atoms with Crippen molar-refractivity contribution in [2.75, 3.05) is 5.32 Å². The Labute approximate surface area is 196 Å². The van der Waals surface area contributed by atoms with E-state index in [9.17, 15) is 14.4 Å². The molecule has 0 aliphatic carbocycles. The van der Waals surface area contributed by atoms with E-state index in [0.717, 1.165) is 23.2 Å². The number of carbonyl (C=O) groups excluding carboxylic acids is 1. The highest BCUT2D eigenvalue weighted by molar-refractivity contribution is 7.17. The van der Waals surface area contributed by atoms with Crippen molar-refractivity contribution >= 4 is 33.1 Å². The maximum Gasteiger partial charge on any atom is 0.331 e. The number of amides is 1. The summed E-state index contributed by atoms with van der Waals surface area (Å²) in [6.07, 6.45) is 2.53. The number of aromatic nitrogens is 2. The first-order chi connectivity index (χ1) is 16.0. The molecule has 0 saturated carbocycles. The molecule has 2 aromatic heterocycles. The third-order valence-electron chi connectivity index (χ3n) is 5.64. The predicted molar refractivity (Wildman–Crippen MR) is 134 cm³/mol. The van der Waals surface area contributed by atoms with Gasteiger partial charge in [0.25, 0.3) is 5.56 Å². The van der Waals surface area contributed by atoms with Crippen LogP contribution in [0.15, 0.2) is 75.6 Å². The Morgan fingerprint density at radius 2 is 1.67 bits per heavy atom. The summed E-state index contributed by atoms with van der Waals surface area (Å²) >= 11 is 1.37. The lowest BCUT2D eigenvalue weighted by Gasteiger charge is -2.12. The Kier molecular flexibility index (Phi) is 7.19. The van der Waals surface area contributed by atoms with E-state index in [4.69, 9.17) is 0 Å². The summed E-state index contributed by atoms with van der Waals surface area (Å²) in [6.45, 7) is 2.80. The number of hydrogen-bond acceptors (Lipinski definition) is 4. The number of aryl methyl sites for hydroxylation is 1. The number of fused-ring (bicyclic) bond motifs is 1. The van der Waals surface area contributed by atoms with Gasteiger partial charge in [0.2, 0.25) is 5.91 Å². The lowest BCUT2D eigenvalue weighted by atomic mass is 10.1. The van der Waals surface area contributed by atoms with Crippen LogP contribution >= 0.6 is 11.3 Å². The first-order valence-corrected chi connectivity index (χ1v) is 12.0. The fourth-order valence-corrected chi connectivity index (χ4v) is 4.68. The van der Waals surface area contributed by atoms with E-state index in [1.807, 2.05) is 73.0 Å². The third kappa shape index (κ3) is 5.49. The van der Waals surface area contributed by atoms with E-state index in [1.54, 1.807) is 4.57 Å². The van der Waals surface area contributed by atoms with Crippen LogP contribution in [-0.2, 0) is 17.9 Å². The minimum Gasteiger partial charge on any atom is -0.326 e. The molecule has 0 bridgehead atoms. The van der Waals surface area contributed by atoms with Gasteiger partial charge in [0, 0.05) is 18.7 Å². The minimum absolute atomic E-state index is 0.0289. The van der Waals surface area contributed by atoms with Gasteiger partial charge in [-0.1, -0.05) is 54.4 Å². The lowest BCUT2D eigenvalue weighted by molar-refractivity contribution is -0.116. The van der Waals surface area contributed by atoms with Crippen molar-refractivity contribution in [2.24, 2.45) is 0 Å².